The summed E-state index contributed by atoms with van der Waals surface area (Å²) in [4.78, 5) is 4.73. The highest BCUT2D eigenvalue weighted by atomic mass is 16.5. The number of ether oxygens (including phenoxy) is 1. The molecule has 1 aliphatic heterocycles. The Hall–Kier alpha value is -2.08. The van der Waals surface area contributed by atoms with Gasteiger partial charge in [-0.05, 0) is 31.5 Å². The standard InChI is InChI=1S/C23H33N3O2/c1-19(2)28-23-11-7-6-10-22(23)26-14-12-25(13-15-26)18-21(27)17-24-16-20-8-4-3-5-9-20/h3-11,19,21,24,27H,12-18H2,1-2H3/t21-/m0/s1. The van der Waals surface area contributed by atoms with Crippen LogP contribution in [0.4, 0.5) is 5.69 Å². The summed E-state index contributed by atoms with van der Waals surface area (Å²) in [5, 5.41) is 13.7. The van der Waals surface area contributed by atoms with Crippen LogP contribution in [0.3, 0.4) is 0 Å². The van der Waals surface area contributed by atoms with Gasteiger partial charge in [0.25, 0.3) is 0 Å². The van der Waals surface area contributed by atoms with E-state index in [0.29, 0.717) is 13.1 Å². The maximum Gasteiger partial charge on any atom is 0.142 e. The van der Waals surface area contributed by atoms with Crippen molar-refractivity contribution in [2.45, 2.75) is 32.6 Å². The lowest BCUT2D eigenvalue weighted by Crippen LogP contribution is -2.49. The summed E-state index contributed by atoms with van der Waals surface area (Å²) in [6, 6.07) is 18.6. The number of anilines is 1. The molecule has 0 aliphatic carbocycles. The summed E-state index contributed by atoms with van der Waals surface area (Å²) in [6.45, 7) is 10.0. The van der Waals surface area contributed by atoms with Crippen LogP contribution in [0.15, 0.2) is 54.6 Å². The van der Waals surface area contributed by atoms with Crippen LogP contribution in [-0.4, -0.2) is 61.5 Å². The molecule has 5 heteroatoms. The van der Waals surface area contributed by atoms with Gasteiger partial charge < -0.3 is 20.1 Å². The van der Waals surface area contributed by atoms with Crippen molar-refractivity contribution in [3.8, 4) is 5.75 Å². The Morgan fingerprint density at radius 2 is 1.64 bits per heavy atom. The van der Waals surface area contributed by atoms with E-state index in [2.05, 4.69) is 53.2 Å². The summed E-state index contributed by atoms with van der Waals surface area (Å²) in [7, 11) is 0. The number of hydrogen-bond acceptors (Lipinski definition) is 5. The van der Waals surface area contributed by atoms with Crippen molar-refractivity contribution in [1.29, 1.82) is 0 Å². The SMILES string of the molecule is CC(C)Oc1ccccc1N1CCN(C[C@@H](O)CNCc2ccccc2)CC1. The van der Waals surface area contributed by atoms with Crippen molar-refractivity contribution in [1.82, 2.24) is 10.2 Å². The molecule has 152 valence electrons. The number of nitrogens with zero attached hydrogens (tertiary/aromatic N) is 2. The molecule has 1 atom stereocenters. The second-order valence-electron chi connectivity index (χ2n) is 7.69. The molecule has 3 rings (SSSR count). The Kier molecular flexibility index (Phi) is 7.71. The van der Waals surface area contributed by atoms with Crippen molar-refractivity contribution < 1.29 is 9.84 Å². The summed E-state index contributed by atoms with van der Waals surface area (Å²) in [5.41, 5.74) is 2.41. The quantitative estimate of drug-likeness (QED) is 0.697. The summed E-state index contributed by atoms with van der Waals surface area (Å²) < 4.78 is 5.97. The third kappa shape index (κ3) is 6.23. The summed E-state index contributed by atoms with van der Waals surface area (Å²) in [6.07, 6.45) is -0.187. The average Bonchev–Trinajstić information content (AvgIpc) is 2.69. The van der Waals surface area contributed by atoms with Crippen molar-refractivity contribution in [2.24, 2.45) is 0 Å². The zero-order valence-electron chi connectivity index (χ0n) is 17.1. The van der Waals surface area contributed by atoms with E-state index in [1.54, 1.807) is 0 Å². The molecule has 0 bridgehead atoms. The highest BCUT2D eigenvalue weighted by Gasteiger charge is 2.21. The van der Waals surface area contributed by atoms with Gasteiger partial charge in [0.2, 0.25) is 0 Å². The minimum atomic E-state index is -0.355. The Morgan fingerprint density at radius 1 is 0.964 bits per heavy atom. The van der Waals surface area contributed by atoms with Gasteiger partial charge in [0.1, 0.15) is 5.75 Å². The van der Waals surface area contributed by atoms with Gasteiger partial charge in [-0.15, -0.1) is 0 Å². The maximum atomic E-state index is 10.4. The summed E-state index contributed by atoms with van der Waals surface area (Å²) in [5.74, 6) is 0.955. The zero-order chi connectivity index (χ0) is 19.8. The topological polar surface area (TPSA) is 48.0 Å². The van der Waals surface area contributed by atoms with E-state index in [1.165, 1.54) is 11.3 Å². The molecule has 0 aromatic heterocycles. The van der Waals surface area contributed by atoms with Crippen LogP contribution in [0.5, 0.6) is 5.75 Å². The number of β-amino-alcohol motifs (C(OH)–C–C–N with tert-alkyl or cyclic N) is 1. The molecule has 0 saturated carbocycles. The first-order valence-corrected chi connectivity index (χ1v) is 10.3. The molecule has 2 aromatic rings. The number of rotatable bonds is 9. The number of hydrogen-bond donors (Lipinski definition) is 2. The predicted octanol–water partition coefficient (Wildman–Crippen LogP) is 2.75. The second-order valence-corrected chi connectivity index (χ2v) is 7.69. The minimum Gasteiger partial charge on any atom is -0.489 e. The molecule has 0 unspecified atom stereocenters. The van der Waals surface area contributed by atoms with E-state index in [-0.39, 0.29) is 12.2 Å². The molecule has 5 nitrogen and oxygen atoms in total. The van der Waals surface area contributed by atoms with Gasteiger partial charge in [0, 0.05) is 45.8 Å². The van der Waals surface area contributed by atoms with Gasteiger partial charge in [-0.1, -0.05) is 42.5 Å². The summed E-state index contributed by atoms with van der Waals surface area (Å²) >= 11 is 0. The fourth-order valence-corrected chi connectivity index (χ4v) is 3.58. The molecule has 0 radical (unpaired) electrons. The highest BCUT2D eigenvalue weighted by Crippen LogP contribution is 2.29. The molecule has 0 spiro atoms. The van der Waals surface area contributed by atoms with Gasteiger partial charge in [0.05, 0.1) is 17.9 Å². The normalized spacial score (nSPS) is 16.4. The molecule has 2 aromatic carbocycles. The van der Waals surface area contributed by atoms with Gasteiger partial charge in [0.15, 0.2) is 0 Å². The molecule has 28 heavy (non-hydrogen) atoms. The minimum absolute atomic E-state index is 0.168. The van der Waals surface area contributed by atoms with Gasteiger partial charge in [-0.3, -0.25) is 4.90 Å². The Labute approximate surface area is 168 Å². The lowest BCUT2D eigenvalue weighted by atomic mass is 10.2. The van der Waals surface area contributed by atoms with Crippen molar-refractivity contribution >= 4 is 5.69 Å². The number of nitrogens with one attached hydrogen (secondary N) is 1. The van der Waals surface area contributed by atoms with Crippen LogP contribution >= 0.6 is 0 Å². The lowest BCUT2D eigenvalue weighted by molar-refractivity contribution is 0.107. The fourth-order valence-electron chi connectivity index (χ4n) is 3.58. The number of aliphatic hydroxyl groups is 1. The first-order valence-electron chi connectivity index (χ1n) is 10.3. The zero-order valence-corrected chi connectivity index (χ0v) is 17.1. The van der Waals surface area contributed by atoms with E-state index in [0.717, 1.165) is 38.5 Å². The van der Waals surface area contributed by atoms with E-state index < -0.39 is 0 Å². The monoisotopic (exact) mass is 383 g/mol. The molecule has 1 heterocycles. The van der Waals surface area contributed by atoms with Crippen molar-refractivity contribution in [3.63, 3.8) is 0 Å². The first kappa shape index (κ1) is 20.6. The first-order chi connectivity index (χ1) is 13.6. The van der Waals surface area contributed by atoms with Crippen LogP contribution in [-0.2, 0) is 6.54 Å². The van der Waals surface area contributed by atoms with Crippen LogP contribution in [0.25, 0.3) is 0 Å². The smallest absolute Gasteiger partial charge is 0.142 e. The van der Waals surface area contributed by atoms with E-state index in [9.17, 15) is 5.11 Å². The largest absolute Gasteiger partial charge is 0.489 e. The molecule has 1 fully saturated rings. The van der Waals surface area contributed by atoms with Crippen LogP contribution in [0.1, 0.15) is 19.4 Å². The van der Waals surface area contributed by atoms with Crippen LogP contribution in [0.2, 0.25) is 0 Å². The number of benzene rings is 2. The van der Waals surface area contributed by atoms with E-state index >= 15 is 0 Å². The van der Waals surface area contributed by atoms with Gasteiger partial charge in [-0.2, -0.15) is 0 Å². The fraction of sp³-hybridized carbons (Fsp3) is 0.478. The molecular formula is C23H33N3O2. The molecular weight excluding hydrogens is 350 g/mol. The van der Waals surface area contributed by atoms with Crippen LogP contribution in [0, 0.1) is 0 Å². The number of aliphatic hydroxyl groups excluding tert-OH is 1. The highest BCUT2D eigenvalue weighted by molar-refractivity contribution is 5.58. The Bertz CT molecular complexity index is 700. The molecule has 1 aliphatic rings. The Morgan fingerprint density at radius 3 is 2.36 bits per heavy atom. The van der Waals surface area contributed by atoms with Gasteiger partial charge >= 0.3 is 0 Å². The lowest BCUT2D eigenvalue weighted by Gasteiger charge is -2.37. The third-order valence-electron chi connectivity index (χ3n) is 4.96. The number of para-hydroxylation sites is 2. The third-order valence-corrected chi connectivity index (χ3v) is 4.96. The molecule has 2 N–H and O–H groups in total. The maximum absolute atomic E-state index is 10.4. The van der Waals surface area contributed by atoms with E-state index in [4.69, 9.17) is 4.74 Å². The molecule has 0 amide bonds. The van der Waals surface area contributed by atoms with Crippen molar-refractivity contribution in [2.75, 3.05) is 44.2 Å². The number of piperazine rings is 1. The Balaban J connectivity index is 1.41. The second kappa shape index (κ2) is 10.5. The van der Waals surface area contributed by atoms with Crippen molar-refractivity contribution in [3.05, 3.63) is 60.2 Å². The van der Waals surface area contributed by atoms with E-state index in [1.807, 2.05) is 30.3 Å². The van der Waals surface area contributed by atoms with Gasteiger partial charge in [-0.25, -0.2) is 0 Å². The van der Waals surface area contributed by atoms with Crippen LogP contribution < -0.4 is 15.0 Å². The molecule has 1 saturated heterocycles. The average molecular weight is 384 g/mol. The predicted molar refractivity (Wildman–Crippen MR) is 115 cm³/mol.